The second kappa shape index (κ2) is 25.4. The second-order valence-corrected chi connectivity index (χ2v) is 24.6. The van der Waals surface area contributed by atoms with Crippen LogP contribution in [0.2, 0.25) is 10.0 Å². The smallest absolute Gasteiger partial charge is 0.251 e. The van der Waals surface area contributed by atoms with Crippen LogP contribution in [0.3, 0.4) is 0 Å². The lowest BCUT2D eigenvalue weighted by Crippen LogP contribution is -2.61. The summed E-state index contributed by atoms with van der Waals surface area (Å²) in [5.41, 5.74) is 4.40. The van der Waals surface area contributed by atoms with E-state index in [0.717, 1.165) is 36.0 Å². The molecule has 0 aromatic heterocycles. The van der Waals surface area contributed by atoms with Crippen molar-refractivity contribution in [1.82, 2.24) is 36.0 Å². The van der Waals surface area contributed by atoms with E-state index in [-0.39, 0.29) is 92.7 Å². The lowest BCUT2D eigenvalue weighted by molar-refractivity contribution is -0.151. The molecule has 1 aliphatic carbocycles. The van der Waals surface area contributed by atoms with E-state index in [1.165, 1.54) is 5.56 Å². The summed E-state index contributed by atoms with van der Waals surface area (Å²) in [4.78, 5) is 105. The SMILES string of the molecule is CC[C@@H](C)C(=O)N[C@H](C(=O)N1Cc2ccccc2C[C@H]1C(=O)N(Cc1ccc(C(=O)NC2C[C@@H](C(=O)NC3CCCc4ccccc43)N(C(=O)[C@@H](CC(=O)[C@H](C)NC)C(C)(C)C)C2)cc1)Cc1cccc(Cl)c1Cl)C(C)(C)C. The molecule has 0 saturated carbocycles. The lowest BCUT2D eigenvalue weighted by atomic mass is 9.76. The number of likely N-dealkylation sites (tertiary alicyclic amines) is 1. The number of hydrogen-bond acceptors (Lipinski definition) is 8. The molecule has 3 aliphatic rings. The lowest BCUT2D eigenvalue weighted by Gasteiger charge is -2.42. The van der Waals surface area contributed by atoms with Crippen molar-refractivity contribution in [2.75, 3.05) is 13.6 Å². The van der Waals surface area contributed by atoms with Gasteiger partial charge in [-0.3, -0.25) is 33.6 Å². The summed E-state index contributed by atoms with van der Waals surface area (Å²) in [5, 5.41) is 13.0. The predicted molar refractivity (Wildman–Crippen MR) is 305 cm³/mol. The minimum atomic E-state index is -0.945. The Bertz CT molecular complexity index is 2860. The molecule has 78 heavy (non-hydrogen) atoms. The minimum absolute atomic E-state index is 0.00939. The predicted octanol–water partition coefficient (Wildman–Crippen LogP) is 9.18. The molecule has 2 heterocycles. The first-order valence-corrected chi connectivity index (χ1v) is 28.3. The van der Waals surface area contributed by atoms with Gasteiger partial charge < -0.3 is 36.0 Å². The zero-order chi connectivity index (χ0) is 56.8. The molecule has 2 unspecified atom stereocenters. The Balaban J connectivity index is 1.14. The fraction of sp³-hybridized carbons (Fsp3) is 0.500. The maximum atomic E-state index is 15.4. The molecular weight excluding hydrogens is 1030 g/mol. The molecule has 4 aromatic rings. The molecule has 4 N–H and O–H groups in total. The van der Waals surface area contributed by atoms with Crippen molar-refractivity contribution in [2.24, 2.45) is 22.7 Å². The van der Waals surface area contributed by atoms with Crippen molar-refractivity contribution in [3.63, 3.8) is 0 Å². The van der Waals surface area contributed by atoms with E-state index in [4.69, 9.17) is 23.2 Å². The van der Waals surface area contributed by atoms with E-state index in [1.54, 1.807) is 71.1 Å². The molecule has 0 radical (unpaired) electrons. The highest BCUT2D eigenvalue weighted by Crippen LogP contribution is 2.36. The van der Waals surface area contributed by atoms with Gasteiger partial charge in [0.2, 0.25) is 29.5 Å². The van der Waals surface area contributed by atoms with E-state index in [2.05, 4.69) is 27.3 Å². The number of rotatable bonds is 18. The molecule has 6 amide bonds. The van der Waals surface area contributed by atoms with Crippen LogP contribution in [0.4, 0.5) is 0 Å². The molecule has 16 heteroatoms. The van der Waals surface area contributed by atoms with Crippen molar-refractivity contribution < 1.29 is 33.6 Å². The molecule has 418 valence electrons. The monoisotopic (exact) mass is 1100 g/mol. The van der Waals surface area contributed by atoms with Gasteiger partial charge in [0, 0.05) is 62.5 Å². The third-order valence-electron chi connectivity index (χ3n) is 16.1. The summed E-state index contributed by atoms with van der Waals surface area (Å²) in [6.45, 7) is 17.3. The van der Waals surface area contributed by atoms with Crippen LogP contribution in [0.15, 0.2) is 91.0 Å². The van der Waals surface area contributed by atoms with Crippen molar-refractivity contribution in [1.29, 1.82) is 0 Å². The molecule has 14 nitrogen and oxygen atoms in total. The number of amides is 6. The largest absolute Gasteiger partial charge is 0.347 e. The van der Waals surface area contributed by atoms with Gasteiger partial charge in [0.05, 0.1) is 22.1 Å². The third-order valence-corrected chi connectivity index (χ3v) is 17.0. The van der Waals surface area contributed by atoms with Gasteiger partial charge in [0.1, 0.15) is 23.9 Å². The number of aryl methyl sites for hydroxylation is 1. The third kappa shape index (κ3) is 14.0. The number of halogens is 2. The van der Waals surface area contributed by atoms with Crippen LogP contribution in [0.1, 0.15) is 144 Å². The Kier molecular flexibility index (Phi) is 19.4. The summed E-state index contributed by atoms with van der Waals surface area (Å²) in [6.07, 6.45) is 3.58. The number of fused-ring (bicyclic) bond motifs is 2. The van der Waals surface area contributed by atoms with Crippen LogP contribution < -0.4 is 21.3 Å². The average Bonchev–Trinajstić information content (AvgIpc) is 3.90. The van der Waals surface area contributed by atoms with E-state index in [0.29, 0.717) is 33.2 Å². The normalized spacial score (nSPS) is 19.8. The quantitative estimate of drug-likeness (QED) is 0.0763. The first-order valence-electron chi connectivity index (χ1n) is 27.6. The number of benzene rings is 4. The van der Waals surface area contributed by atoms with E-state index >= 15 is 4.79 Å². The van der Waals surface area contributed by atoms with Gasteiger partial charge in [-0.1, -0.05) is 151 Å². The van der Waals surface area contributed by atoms with Crippen LogP contribution >= 0.6 is 23.2 Å². The molecule has 1 saturated heterocycles. The summed E-state index contributed by atoms with van der Waals surface area (Å²) in [7, 11) is 1.70. The molecule has 1 fully saturated rings. The van der Waals surface area contributed by atoms with Gasteiger partial charge in [-0.25, -0.2) is 0 Å². The number of carbonyl (C=O) groups is 7. The highest BCUT2D eigenvalue weighted by molar-refractivity contribution is 6.42. The maximum absolute atomic E-state index is 15.4. The van der Waals surface area contributed by atoms with Crippen molar-refractivity contribution in [2.45, 2.75) is 163 Å². The Labute approximate surface area is 471 Å². The van der Waals surface area contributed by atoms with Gasteiger partial charge in [0.15, 0.2) is 0 Å². The fourth-order valence-corrected chi connectivity index (χ4v) is 11.3. The highest BCUT2D eigenvalue weighted by Gasteiger charge is 2.47. The van der Waals surface area contributed by atoms with Crippen LogP contribution in [-0.4, -0.2) is 99.7 Å². The number of carbonyl (C=O) groups excluding carboxylic acids is 7. The summed E-state index contributed by atoms with van der Waals surface area (Å²) < 4.78 is 0. The molecule has 0 spiro atoms. The molecule has 7 rings (SSSR count). The summed E-state index contributed by atoms with van der Waals surface area (Å²) >= 11 is 13.3. The Hall–Kier alpha value is -6.09. The van der Waals surface area contributed by atoms with Crippen LogP contribution in [0, 0.1) is 22.7 Å². The first-order chi connectivity index (χ1) is 36.9. The molecular formula is C62H79Cl2N7O7. The van der Waals surface area contributed by atoms with Gasteiger partial charge in [-0.05, 0) is 108 Å². The number of ketones is 1. The standard InChI is InChI=1S/C62H79Cl2N7O7/c1-11-37(2)55(73)68-54(62(7,8)9)60(78)70-35-43-20-13-12-19-42(43)30-51(70)59(77)69(34-44-22-16-24-48(63)53(44)64)33-39-26-28-41(29-27-39)56(74)66-45-31-50(57(75)67-49-25-17-21-40-18-14-15-23-46(40)49)71(36-45)58(76)47(61(4,5)6)32-52(72)38(3)65-10/h12-16,18-20,22-24,26-29,37-38,45,47,49-51,54,65H,11,17,21,25,30-36H2,1-10H3,(H,66,74)(H,67,75)(H,68,73)/t37-,38+,45?,47-,49?,50+,51+,54-/m1/s1. The van der Waals surface area contributed by atoms with Crippen LogP contribution in [0.5, 0.6) is 0 Å². The highest BCUT2D eigenvalue weighted by atomic mass is 35.5. The molecule has 8 atom stereocenters. The number of nitrogens with one attached hydrogen (secondary N) is 4. The average molecular weight is 1110 g/mol. The number of hydrogen-bond donors (Lipinski definition) is 4. The first kappa shape index (κ1) is 59.6. The Morgan fingerprint density at radius 1 is 0.744 bits per heavy atom. The maximum Gasteiger partial charge on any atom is 0.251 e. The van der Waals surface area contributed by atoms with Crippen molar-refractivity contribution >= 4 is 64.4 Å². The van der Waals surface area contributed by atoms with Crippen molar-refractivity contribution in [3.8, 4) is 0 Å². The van der Waals surface area contributed by atoms with Gasteiger partial charge >= 0.3 is 0 Å². The Morgan fingerprint density at radius 3 is 2.06 bits per heavy atom. The minimum Gasteiger partial charge on any atom is -0.347 e. The second-order valence-electron chi connectivity index (χ2n) is 23.8. The van der Waals surface area contributed by atoms with Gasteiger partial charge in [-0.2, -0.15) is 0 Å². The summed E-state index contributed by atoms with van der Waals surface area (Å²) in [5.74, 6) is -3.11. The molecule has 2 aliphatic heterocycles. The van der Waals surface area contributed by atoms with Crippen LogP contribution in [0.25, 0.3) is 0 Å². The van der Waals surface area contributed by atoms with Gasteiger partial charge in [0.25, 0.3) is 5.91 Å². The van der Waals surface area contributed by atoms with E-state index in [1.807, 2.05) is 97.9 Å². The van der Waals surface area contributed by atoms with Crippen molar-refractivity contribution in [3.05, 3.63) is 140 Å². The zero-order valence-electron chi connectivity index (χ0n) is 47.0. The molecule has 4 aromatic carbocycles. The number of Topliss-reactive ketones (excluding diaryl/α,β-unsaturated/α-hetero) is 1. The van der Waals surface area contributed by atoms with Gasteiger partial charge in [-0.15, -0.1) is 0 Å². The number of nitrogens with zero attached hydrogens (tertiary/aromatic N) is 3. The van der Waals surface area contributed by atoms with E-state index < -0.39 is 52.9 Å². The zero-order valence-corrected chi connectivity index (χ0v) is 48.5. The summed E-state index contributed by atoms with van der Waals surface area (Å²) in [6, 6.07) is 23.9. The fourth-order valence-electron chi connectivity index (χ4n) is 10.9. The number of likely N-dealkylation sites (N-methyl/N-ethyl adjacent to an activating group) is 1. The Morgan fingerprint density at radius 2 is 1.41 bits per heavy atom. The van der Waals surface area contributed by atoms with Crippen LogP contribution in [-0.2, 0) is 61.2 Å². The van der Waals surface area contributed by atoms with E-state index in [9.17, 15) is 28.8 Å². The molecule has 0 bridgehead atoms. The topological polar surface area (TPSA) is 177 Å².